The van der Waals surface area contributed by atoms with Crippen LogP contribution in [0.15, 0.2) is 48.5 Å². The number of carbonyl (C=O) groups is 1. The SMILES string of the molecule is COc1cccc(OCCN2CCN(C(=O)c3nc4ccccc4[nH]3)CC2)c1. The highest BCUT2D eigenvalue weighted by Crippen LogP contribution is 2.19. The second kappa shape index (κ2) is 8.31. The molecule has 2 heterocycles. The lowest BCUT2D eigenvalue weighted by Crippen LogP contribution is -2.49. The molecule has 0 spiro atoms. The van der Waals surface area contributed by atoms with E-state index in [1.54, 1.807) is 7.11 Å². The number of aromatic nitrogens is 2. The van der Waals surface area contributed by atoms with Crippen LogP contribution in [0.25, 0.3) is 11.0 Å². The summed E-state index contributed by atoms with van der Waals surface area (Å²) in [5.41, 5.74) is 1.71. The fourth-order valence-corrected chi connectivity index (χ4v) is 3.36. The Balaban J connectivity index is 1.25. The number of benzene rings is 2. The number of para-hydroxylation sites is 2. The van der Waals surface area contributed by atoms with Gasteiger partial charge in [0, 0.05) is 38.8 Å². The number of methoxy groups -OCH3 is 1. The molecule has 1 saturated heterocycles. The van der Waals surface area contributed by atoms with E-state index in [-0.39, 0.29) is 5.91 Å². The van der Waals surface area contributed by atoms with Gasteiger partial charge in [-0.2, -0.15) is 0 Å². The first-order valence-electron chi connectivity index (χ1n) is 9.46. The highest BCUT2D eigenvalue weighted by molar-refractivity contribution is 5.94. The summed E-state index contributed by atoms with van der Waals surface area (Å²) in [6.07, 6.45) is 0. The first kappa shape index (κ1) is 18.3. The van der Waals surface area contributed by atoms with Crippen molar-refractivity contribution in [1.29, 1.82) is 0 Å². The largest absolute Gasteiger partial charge is 0.497 e. The number of hydrogen-bond acceptors (Lipinski definition) is 5. The molecule has 1 aliphatic rings. The molecule has 0 aliphatic carbocycles. The van der Waals surface area contributed by atoms with Crippen LogP contribution in [0.3, 0.4) is 0 Å². The molecule has 1 aliphatic heterocycles. The number of ether oxygens (including phenoxy) is 2. The lowest BCUT2D eigenvalue weighted by atomic mass is 10.3. The molecule has 0 saturated carbocycles. The van der Waals surface area contributed by atoms with Crippen LogP contribution < -0.4 is 9.47 Å². The molecule has 1 N–H and O–H groups in total. The number of hydrogen-bond donors (Lipinski definition) is 1. The number of rotatable bonds is 6. The predicted octanol–water partition coefficient (Wildman–Crippen LogP) is 2.41. The van der Waals surface area contributed by atoms with Gasteiger partial charge in [-0.25, -0.2) is 4.98 Å². The zero-order valence-electron chi connectivity index (χ0n) is 15.9. The molecule has 0 atom stereocenters. The third-order valence-electron chi connectivity index (χ3n) is 4.97. The normalized spacial score (nSPS) is 15.0. The van der Waals surface area contributed by atoms with Gasteiger partial charge in [-0.1, -0.05) is 18.2 Å². The highest BCUT2D eigenvalue weighted by Gasteiger charge is 2.24. The minimum atomic E-state index is -0.0384. The average Bonchev–Trinajstić information content (AvgIpc) is 3.18. The van der Waals surface area contributed by atoms with E-state index in [1.165, 1.54) is 0 Å². The summed E-state index contributed by atoms with van der Waals surface area (Å²) < 4.78 is 11.0. The van der Waals surface area contributed by atoms with Gasteiger partial charge in [-0.15, -0.1) is 0 Å². The van der Waals surface area contributed by atoms with Crippen molar-refractivity contribution < 1.29 is 14.3 Å². The molecule has 0 radical (unpaired) electrons. The van der Waals surface area contributed by atoms with Gasteiger partial charge in [0.2, 0.25) is 0 Å². The van der Waals surface area contributed by atoms with Gasteiger partial charge in [0.25, 0.3) is 5.91 Å². The molecule has 1 amide bonds. The molecule has 1 aromatic heterocycles. The number of amides is 1. The minimum Gasteiger partial charge on any atom is -0.497 e. The number of carbonyl (C=O) groups excluding carboxylic acids is 1. The fourth-order valence-electron chi connectivity index (χ4n) is 3.36. The Labute approximate surface area is 163 Å². The number of piperazine rings is 1. The Morgan fingerprint density at radius 2 is 1.86 bits per heavy atom. The zero-order chi connectivity index (χ0) is 19.3. The van der Waals surface area contributed by atoms with Crippen LogP contribution in [0.5, 0.6) is 11.5 Å². The van der Waals surface area contributed by atoms with E-state index in [4.69, 9.17) is 9.47 Å². The van der Waals surface area contributed by atoms with Crippen LogP contribution in [0.4, 0.5) is 0 Å². The number of aromatic amines is 1. The molecule has 7 heteroatoms. The van der Waals surface area contributed by atoms with Crippen LogP contribution in [0.2, 0.25) is 0 Å². The summed E-state index contributed by atoms with van der Waals surface area (Å²) in [5, 5.41) is 0. The summed E-state index contributed by atoms with van der Waals surface area (Å²) in [4.78, 5) is 24.4. The zero-order valence-corrected chi connectivity index (χ0v) is 15.9. The van der Waals surface area contributed by atoms with Crippen molar-refractivity contribution in [3.8, 4) is 11.5 Å². The van der Waals surface area contributed by atoms with Crippen molar-refractivity contribution in [1.82, 2.24) is 19.8 Å². The number of H-pyrrole nitrogens is 1. The first-order valence-corrected chi connectivity index (χ1v) is 9.46. The molecule has 2 aromatic carbocycles. The predicted molar refractivity (Wildman–Crippen MR) is 107 cm³/mol. The Hall–Kier alpha value is -3.06. The van der Waals surface area contributed by atoms with Gasteiger partial charge in [0.15, 0.2) is 5.82 Å². The summed E-state index contributed by atoms with van der Waals surface area (Å²) in [5.74, 6) is 1.97. The highest BCUT2D eigenvalue weighted by atomic mass is 16.5. The fraction of sp³-hybridized carbons (Fsp3) is 0.333. The summed E-state index contributed by atoms with van der Waals surface area (Å²) in [6, 6.07) is 15.3. The smallest absolute Gasteiger partial charge is 0.289 e. The number of nitrogens with zero attached hydrogens (tertiary/aromatic N) is 3. The molecular weight excluding hydrogens is 356 g/mol. The van der Waals surface area contributed by atoms with Gasteiger partial charge >= 0.3 is 0 Å². The standard InChI is InChI=1S/C21H24N4O3/c1-27-16-5-4-6-17(15-16)28-14-13-24-9-11-25(12-10-24)21(26)20-22-18-7-2-3-8-19(18)23-20/h2-8,15H,9-14H2,1H3,(H,22,23). The van der Waals surface area contributed by atoms with Crippen molar-refractivity contribution in [2.75, 3.05) is 46.4 Å². The summed E-state index contributed by atoms with van der Waals surface area (Å²) in [6.45, 7) is 4.46. The monoisotopic (exact) mass is 380 g/mol. The Bertz CT molecular complexity index is 914. The Morgan fingerprint density at radius 3 is 2.64 bits per heavy atom. The molecule has 0 bridgehead atoms. The molecule has 7 nitrogen and oxygen atoms in total. The topological polar surface area (TPSA) is 70.7 Å². The third kappa shape index (κ3) is 4.09. The van der Waals surface area contributed by atoms with Crippen molar-refractivity contribution in [3.05, 3.63) is 54.4 Å². The molecule has 146 valence electrons. The molecule has 1 fully saturated rings. The Kier molecular flexibility index (Phi) is 5.43. The second-order valence-corrected chi connectivity index (χ2v) is 6.76. The first-order chi connectivity index (χ1) is 13.7. The molecule has 4 rings (SSSR count). The number of fused-ring (bicyclic) bond motifs is 1. The number of imidazole rings is 1. The summed E-state index contributed by atoms with van der Waals surface area (Å²) in [7, 11) is 1.64. The summed E-state index contributed by atoms with van der Waals surface area (Å²) >= 11 is 0. The lowest BCUT2D eigenvalue weighted by Gasteiger charge is -2.34. The minimum absolute atomic E-state index is 0.0384. The van der Waals surface area contributed by atoms with E-state index in [2.05, 4.69) is 14.9 Å². The van der Waals surface area contributed by atoms with Gasteiger partial charge < -0.3 is 19.4 Å². The number of nitrogens with one attached hydrogen (secondary N) is 1. The molecule has 0 unspecified atom stereocenters. The molecular formula is C21H24N4O3. The van der Waals surface area contributed by atoms with E-state index in [1.807, 2.05) is 53.4 Å². The van der Waals surface area contributed by atoms with E-state index in [0.29, 0.717) is 25.5 Å². The maximum atomic E-state index is 12.7. The van der Waals surface area contributed by atoms with Crippen molar-refractivity contribution in [3.63, 3.8) is 0 Å². The van der Waals surface area contributed by atoms with Gasteiger partial charge in [0.1, 0.15) is 18.1 Å². The van der Waals surface area contributed by atoms with Crippen LogP contribution in [0, 0.1) is 0 Å². The van der Waals surface area contributed by atoms with Crippen LogP contribution in [0.1, 0.15) is 10.6 Å². The van der Waals surface area contributed by atoms with E-state index in [9.17, 15) is 4.79 Å². The van der Waals surface area contributed by atoms with Gasteiger partial charge in [-0.05, 0) is 24.3 Å². The lowest BCUT2D eigenvalue weighted by molar-refractivity contribution is 0.0610. The molecule has 28 heavy (non-hydrogen) atoms. The van der Waals surface area contributed by atoms with E-state index < -0.39 is 0 Å². The van der Waals surface area contributed by atoms with E-state index >= 15 is 0 Å². The van der Waals surface area contributed by atoms with Crippen molar-refractivity contribution in [2.45, 2.75) is 0 Å². The maximum absolute atomic E-state index is 12.7. The van der Waals surface area contributed by atoms with E-state index in [0.717, 1.165) is 42.2 Å². The second-order valence-electron chi connectivity index (χ2n) is 6.76. The average molecular weight is 380 g/mol. The van der Waals surface area contributed by atoms with Crippen LogP contribution in [-0.2, 0) is 0 Å². The quantitative estimate of drug-likeness (QED) is 0.711. The third-order valence-corrected chi connectivity index (χ3v) is 4.97. The van der Waals surface area contributed by atoms with Gasteiger partial charge in [-0.3, -0.25) is 9.69 Å². The van der Waals surface area contributed by atoms with Crippen LogP contribution >= 0.6 is 0 Å². The van der Waals surface area contributed by atoms with Crippen LogP contribution in [-0.4, -0.2) is 72.1 Å². The maximum Gasteiger partial charge on any atom is 0.289 e. The van der Waals surface area contributed by atoms with Crippen molar-refractivity contribution >= 4 is 16.9 Å². The Morgan fingerprint density at radius 1 is 1.07 bits per heavy atom. The molecule has 3 aromatic rings. The van der Waals surface area contributed by atoms with Crippen molar-refractivity contribution in [2.24, 2.45) is 0 Å². The van der Waals surface area contributed by atoms with Gasteiger partial charge in [0.05, 0.1) is 18.1 Å².